The highest BCUT2D eigenvalue weighted by Crippen LogP contribution is 2.25. The fourth-order valence-electron chi connectivity index (χ4n) is 2.51. The number of thiazole rings is 1. The van der Waals surface area contributed by atoms with Crippen LogP contribution in [0.4, 0.5) is 9.93 Å². The Morgan fingerprint density at radius 1 is 1.04 bits per heavy atom. The number of nitrogens with one attached hydrogen (secondary N) is 2. The lowest BCUT2D eigenvalue weighted by Crippen LogP contribution is -2.28. The number of nitrogens with two attached hydrogens (primary N) is 1. The van der Waals surface area contributed by atoms with Crippen molar-refractivity contribution in [3.05, 3.63) is 70.6 Å². The Kier molecular flexibility index (Phi) is 5.83. The first-order valence-corrected chi connectivity index (χ1v) is 9.41. The summed E-state index contributed by atoms with van der Waals surface area (Å²) in [6.45, 7) is 2.44. The lowest BCUT2D eigenvalue weighted by Gasteiger charge is -2.05. The van der Waals surface area contributed by atoms with Gasteiger partial charge in [-0.3, -0.25) is 10.1 Å². The zero-order chi connectivity index (χ0) is 19.2. The molecule has 0 radical (unpaired) electrons. The van der Waals surface area contributed by atoms with Crippen molar-refractivity contribution in [2.75, 3.05) is 5.32 Å². The predicted molar refractivity (Wildman–Crippen MR) is 108 cm³/mol. The number of anilines is 1. The Labute approximate surface area is 161 Å². The molecule has 1 heterocycles. The molecule has 0 saturated carbocycles. The summed E-state index contributed by atoms with van der Waals surface area (Å²) in [4.78, 5) is 27.6. The summed E-state index contributed by atoms with van der Waals surface area (Å²) in [7, 11) is 0. The Morgan fingerprint density at radius 3 is 2.33 bits per heavy atom. The van der Waals surface area contributed by atoms with Crippen LogP contribution in [0.5, 0.6) is 0 Å². The van der Waals surface area contributed by atoms with Crippen LogP contribution in [-0.2, 0) is 13.0 Å². The molecule has 0 bridgehead atoms. The van der Waals surface area contributed by atoms with E-state index in [2.05, 4.69) is 34.7 Å². The van der Waals surface area contributed by atoms with Crippen LogP contribution in [0.1, 0.15) is 28.4 Å². The molecule has 27 heavy (non-hydrogen) atoms. The second-order valence-electron chi connectivity index (χ2n) is 5.96. The predicted octanol–water partition coefficient (Wildman–Crippen LogP) is 3.79. The molecule has 6 nitrogen and oxygen atoms in total. The lowest BCUT2D eigenvalue weighted by molar-refractivity contribution is 0.102. The zero-order valence-electron chi connectivity index (χ0n) is 14.9. The molecule has 0 unspecified atom stereocenters. The van der Waals surface area contributed by atoms with Crippen molar-refractivity contribution in [2.24, 2.45) is 5.73 Å². The SMILES string of the molecule is CCc1ccc(-c2csc(NC(=O)c3ccc(CNC(N)=O)cc3)n2)cc1. The highest BCUT2D eigenvalue weighted by atomic mass is 32.1. The van der Waals surface area contributed by atoms with Crippen molar-refractivity contribution in [1.82, 2.24) is 10.3 Å². The number of carbonyl (C=O) groups is 2. The van der Waals surface area contributed by atoms with Gasteiger partial charge in [-0.15, -0.1) is 11.3 Å². The van der Waals surface area contributed by atoms with Gasteiger partial charge in [-0.2, -0.15) is 0 Å². The lowest BCUT2D eigenvalue weighted by atomic mass is 10.1. The number of aryl methyl sites for hydroxylation is 1. The van der Waals surface area contributed by atoms with Gasteiger partial charge in [0.05, 0.1) is 5.69 Å². The number of primary amides is 1. The van der Waals surface area contributed by atoms with Crippen molar-refractivity contribution in [2.45, 2.75) is 19.9 Å². The van der Waals surface area contributed by atoms with Crippen molar-refractivity contribution in [3.63, 3.8) is 0 Å². The van der Waals surface area contributed by atoms with E-state index in [0.29, 0.717) is 17.2 Å². The molecule has 0 aliphatic rings. The number of nitrogens with zero attached hydrogens (tertiary/aromatic N) is 1. The molecule has 3 aromatic rings. The maximum atomic E-state index is 12.4. The van der Waals surface area contributed by atoms with Crippen LogP contribution in [0.2, 0.25) is 0 Å². The number of carbonyl (C=O) groups excluding carboxylic acids is 2. The molecule has 3 rings (SSSR count). The molecular formula is C20H20N4O2S. The fourth-order valence-corrected chi connectivity index (χ4v) is 3.22. The summed E-state index contributed by atoms with van der Waals surface area (Å²) < 4.78 is 0. The average molecular weight is 380 g/mol. The molecule has 0 spiro atoms. The van der Waals surface area contributed by atoms with Gasteiger partial charge in [-0.25, -0.2) is 9.78 Å². The smallest absolute Gasteiger partial charge is 0.312 e. The molecule has 0 saturated heterocycles. The van der Waals surface area contributed by atoms with E-state index in [9.17, 15) is 9.59 Å². The van der Waals surface area contributed by atoms with E-state index >= 15 is 0 Å². The van der Waals surface area contributed by atoms with Gasteiger partial charge >= 0.3 is 6.03 Å². The van der Waals surface area contributed by atoms with Gasteiger partial charge in [-0.05, 0) is 29.7 Å². The molecule has 4 N–H and O–H groups in total. The summed E-state index contributed by atoms with van der Waals surface area (Å²) in [6, 6.07) is 14.6. The normalized spacial score (nSPS) is 10.4. The molecule has 0 fully saturated rings. The summed E-state index contributed by atoms with van der Waals surface area (Å²) >= 11 is 1.39. The minimum atomic E-state index is -0.583. The van der Waals surface area contributed by atoms with Gasteiger partial charge in [-0.1, -0.05) is 43.3 Å². The van der Waals surface area contributed by atoms with E-state index in [-0.39, 0.29) is 5.91 Å². The monoisotopic (exact) mass is 380 g/mol. The molecule has 1 aromatic heterocycles. The van der Waals surface area contributed by atoms with Crippen LogP contribution in [0.25, 0.3) is 11.3 Å². The van der Waals surface area contributed by atoms with E-state index < -0.39 is 6.03 Å². The zero-order valence-corrected chi connectivity index (χ0v) is 15.7. The summed E-state index contributed by atoms with van der Waals surface area (Å²) in [5.74, 6) is -0.230. The highest BCUT2D eigenvalue weighted by Gasteiger charge is 2.10. The second kappa shape index (κ2) is 8.46. The highest BCUT2D eigenvalue weighted by molar-refractivity contribution is 7.14. The van der Waals surface area contributed by atoms with E-state index in [0.717, 1.165) is 23.2 Å². The molecule has 0 aliphatic heterocycles. The summed E-state index contributed by atoms with van der Waals surface area (Å²) in [5.41, 5.74) is 9.55. The molecular weight excluding hydrogens is 360 g/mol. The topological polar surface area (TPSA) is 97.1 Å². The third kappa shape index (κ3) is 4.92. The first kappa shape index (κ1) is 18.6. The minimum Gasteiger partial charge on any atom is -0.352 e. The Bertz CT molecular complexity index is 933. The second-order valence-corrected chi connectivity index (χ2v) is 6.82. The number of urea groups is 1. The summed E-state index contributed by atoms with van der Waals surface area (Å²) in [6.07, 6.45) is 0.996. The number of rotatable bonds is 6. The van der Waals surface area contributed by atoms with E-state index in [1.807, 2.05) is 17.5 Å². The van der Waals surface area contributed by atoms with Gasteiger partial charge in [0.2, 0.25) is 0 Å². The standard InChI is InChI=1S/C20H20N4O2S/c1-2-13-3-7-15(8-4-13)17-12-27-20(23-17)24-18(25)16-9-5-14(6-10-16)11-22-19(21)26/h3-10,12H,2,11H2,1H3,(H3,21,22,26)(H,23,24,25). The molecule has 0 aliphatic carbocycles. The largest absolute Gasteiger partial charge is 0.352 e. The van der Waals surface area contributed by atoms with Gasteiger partial charge in [0.1, 0.15) is 0 Å². The van der Waals surface area contributed by atoms with Crippen LogP contribution >= 0.6 is 11.3 Å². The maximum Gasteiger partial charge on any atom is 0.312 e. The van der Waals surface area contributed by atoms with Crippen molar-refractivity contribution >= 4 is 28.4 Å². The Balaban J connectivity index is 1.64. The molecule has 138 valence electrons. The molecule has 2 aromatic carbocycles. The van der Waals surface area contributed by atoms with Crippen molar-refractivity contribution in [3.8, 4) is 11.3 Å². The van der Waals surface area contributed by atoms with Crippen LogP contribution in [0.3, 0.4) is 0 Å². The number of aromatic nitrogens is 1. The Hall–Kier alpha value is -3.19. The van der Waals surface area contributed by atoms with E-state index in [1.165, 1.54) is 16.9 Å². The van der Waals surface area contributed by atoms with Crippen LogP contribution in [-0.4, -0.2) is 16.9 Å². The van der Waals surface area contributed by atoms with Gasteiger partial charge in [0, 0.05) is 23.1 Å². The van der Waals surface area contributed by atoms with Gasteiger partial charge < -0.3 is 11.1 Å². The Morgan fingerprint density at radius 2 is 1.70 bits per heavy atom. The number of hydrogen-bond donors (Lipinski definition) is 3. The van der Waals surface area contributed by atoms with E-state index in [1.54, 1.807) is 24.3 Å². The van der Waals surface area contributed by atoms with Crippen molar-refractivity contribution < 1.29 is 9.59 Å². The van der Waals surface area contributed by atoms with Crippen LogP contribution < -0.4 is 16.4 Å². The van der Waals surface area contributed by atoms with E-state index in [4.69, 9.17) is 5.73 Å². The van der Waals surface area contributed by atoms with Crippen molar-refractivity contribution in [1.29, 1.82) is 0 Å². The van der Waals surface area contributed by atoms with Gasteiger partial charge in [0.25, 0.3) is 5.91 Å². The molecule has 0 atom stereocenters. The number of amides is 3. The third-order valence-corrected chi connectivity index (χ3v) is 4.82. The van der Waals surface area contributed by atoms with Gasteiger partial charge in [0.15, 0.2) is 5.13 Å². The fraction of sp³-hybridized carbons (Fsp3) is 0.150. The first-order valence-electron chi connectivity index (χ1n) is 8.53. The molecule has 3 amide bonds. The quantitative estimate of drug-likeness (QED) is 0.607. The summed E-state index contributed by atoms with van der Waals surface area (Å²) in [5, 5.41) is 7.80. The third-order valence-electron chi connectivity index (χ3n) is 4.07. The molecule has 7 heteroatoms. The average Bonchev–Trinajstić information content (AvgIpc) is 3.15. The minimum absolute atomic E-state index is 0.230. The maximum absolute atomic E-state index is 12.4. The first-order chi connectivity index (χ1) is 13.0. The number of hydrogen-bond acceptors (Lipinski definition) is 4. The van der Waals surface area contributed by atoms with Crippen LogP contribution in [0.15, 0.2) is 53.9 Å². The van der Waals surface area contributed by atoms with Crippen LogP contribution in [0, 0.1) is 0 Å². The number of benzene rings is 2.